The van der Waals surface area contributed by atoms with Crippen molar-refractivity contribution in [1.29, 1.82) is 0 Å². The fraction of sp³-hybridized carbons (Fsp3) is 0.333. The molecule has 4 heteroatoms. The molecule has 2 N–H and O–H groups in total. The second-order valence-electron chi connectivity index (χ2n) is 2.76. The average Bonchev–Trinajstić information content (AvgIpc) is 2.07. The van der Waals surface area contributed by atoms with Crippen LogP contribution in [0.2, 0.25) is 0 Å². The molecule has 72 valence electrons. The van der Waals surface area contributed by atoms with Gasteiger partial charge in [-0.25, -0.2) is 4.39 Å². The molecule has 0 radical (unpaired) electrons. The number of aliphatic hydroxyl groups is 2. The van der Waals surface area contributed by atoms with Crippen LogP contribution in [0.25, 0.3) is 0 Å². The van der Waals surface area contributed by atoms with Crippen LogP contribution in [0.4, 0.5) is 4.39 Å². The Bertz CT molecular complexity index is 313. The lowest BCUT2D eigenvalue weighted by molar-refractivity contribution is 0.191. The Morgan fingerprint density at radius 2 is 2.15 bits per heavy atom. The van der Waals surface area contributed by atoms with E-state index in [1.54, 1.807) is 0 Å². The van der Waals surface area contributed by atoms with E-state index in [1.807, 2.05) is 0 Å². The quantitative estimate of drug-likeness (QED) is 0.842. The number of aliphatic hydroxyl groups excluding tert-OH is 2. The number of benzene rings is 1. The Morgan fingerprint density at radius 1 is 1.54 bits per heavy atom. The van der Waals surface area contributed by atoms with Gasteiger partial charge in [0.25, 0.3) is 0 Å². The fourth-order valence-corrected chi connectivity index (χ4v) is 1.92. The van der Waals surface area contributed by atoms with Gasteiger partial charge in [0.2, 0.25) is 0 Å². The molecule has 1 atom stereocenters. The number of rotatable bonds is 2. The summed E-state index contributed by atoms with van der Waals surface area (Å²) in [6.07, 6.45) is -0.799. The smallest absolute Gasteiger partial charge is 0.129 e. The van der Waals surface area contributed by atoms with Crippen molar-refractivity contribution in [3.05, 3.63) is 33.5 Å². The van der Waals surface area contributed by atoms with E-state index in [1.165, 1.54) is 19.1 Å². The van der Waals surface area contributed by atoms with Crippen LogP contribution in [0.15, 0.2) is 16.6 Å². The lowest BCUT2D eigenvalue weighted by Gasteiger charge is -2.13. The van der Waals surface area contributed by atoms with Gasteiger partial charge in [-0.15, -0.1) is 0 Å². The highest BCUT2D eigenvalue weighted by atomic mass is 79.9. The second kappa shape index (κ2) is 4.17. The molecule has 1 rings (SSSR count). The molecule has 0 aliphatic heterocycles. The summed E-state index contributed by atoms with van der Waals surface area (Å²) >= 11 is 3.18. The molecule has 1 aromatic carbocycles. The van der Waals surface area contributed by atoms with Gasteiger partial charge in [-0.2, -0.15) is 0 Å². The first kappa shape index (κ1) is 10.6. The molecule has 0 saturated carbocycles. The van der Waals surface area contributed by atoms with Crippen LogP contribution in [0.5, 0.6) is 0 Å². The summed E-state index contributed by atoms with van der Waals surface area (Å²) < 4.78 is 13.7. The van der Waals surface area contributed by atoms with Gasteiger partial charge < -0.3 is 10.2 Å². The third-order valence-electron chi connectivity index (χ3n) is 1.82. The van der Waals surface area contributed by atoms with Crippen LogP contribution in [-0.2, 0) is 6.61 Å². The first-order valence-corrected chi connectivity index (χ1v) is 4.63. The van der Waals surface area contributed by atoms with E-state index in [0.717, 1.165) is 0 Å². The summed E-state index contributed by atoms with van der Waals surface area (Å²) in [7, 11) is 0. The van der Waals surface area contributed by atoms with Crippen LogP contribution in [0.1, 0.15) is 24.2 Å². The second-order valence-corrected chi connectivity index (χ2v) is 3.61. The normalized spacial score (nSPS) is 13.0. The van der Waals surface area contributed by atoms with Crippen molar-refractivity contribution in [2.24, 2.45) is 0 Å². The zero-order chi connectivity index (χ0) is 10.0. The molecule has 0 aliphatic carbocycles. The zero-order valence-corrected chi connectivity index (χ0v) is 8.68. The van der Waals surface area contributed by atoms with Crippen LogP contribution >= 0.6 is 15.9 Å². The molecule has 13 heavy (non-hydrogen) atoms. The first-order valence-electron chi connectivity index (χ1n) is 3.83. The van der Waals surface area contributed by atoms with Gasteiger partial charge in [0, 0.05) is 15.6 Å². The highest BCUT2D eigenvalue weighted by Crippen LogP contribution is 2.28. The van der Waals surface area contributed by atoms with Crippen molar-refractivity contribution < 1.29 is 14.6 Å². The van der Waals surface area contributed by atoms with Crippen LogP contribution in [0, 0.1) is 5.82 Å². The third-order valence-corrected chi connectivity index (χ3v) is 2.51. The van der Waals surface area contributed by atoms with E-state index in [0.29, 0.717) is 10.0 Å². The number of hydrogen-bond donors (Lipinski definition) is 2. The minimum absolute atomic E-state index is 0.143. The van der Waals surface area contributed by atoms with E-state index in [2.05, 4.69) is 15.9 Å². The monoisotopic (exact) mass is 248 g/mol. The van der Waals surface area contributed by atoms with Crippen molar-refractivity contribution in [2.45, 2.75) is 19.6 Å². The van der Waals surface area contributed by atoms with Gasteiger partial charge in [0.1, 0.15) is 5.82 Å². The zero-order valence-electron chi connectivity index (χ0n) is 7.09. The van der Waals surface area contributed by atoms with Gasteiger partial charge in [-0.3, -0.25) is 0 Å². The van der Waals surface area contributed by atoms with E-state index >= 15 is 0 Å². The molecule has 0 saturated heterocycles. The molecule has 1 aromatic rings. The Labute approximate surface area is 84.1 Å². The lowest BCUT2D eigenvalue weighted by atomic mass is 10.0. The minimum atomic E-state index is -0.799. The number of halogens is 2. The summed E-state index contributed by atoms with van der Waals surface area (Å²) in [5, 5.41) is 18.2. The molecule has 0 amide bonds. The van der Waals surface area contributed by atoms with Crippen molar-refractivity contribution in [3.8, 4) is 0 Å². The van der Waals surface area contributed by atoms with Gasteiger partial charge in [0.05, 0.1) is 12.7 Å². The third kappa shape index (κ3) is 2.07. The summed E-state index contributed by atoms with van der Waals surface area (Å²) in [5.74, 6) is -0.499. The summed E-state index contributed by atoms with van der Waals surface area (Å²) in [6, 6.07) is 2.76. The predicted octanol–water partition coefficient (Wildman–Crippen LogP) is 2.13. The van der Waals surface area contributed by atoms with Crippen molar-refractivity contribution in [3.63, 3.8) is 0 Å². The highest BCUT2D eigenvalue weighted by Gasteiger charge is 2.15. The van der Waals surface area contributed by atoms with Gasteiger partial charge >= 0.3 is 0 Å². The molecular weight excluding hydrogens is 239 g/mol. The molecular formula is C9H10BrFO2. The molecule has 2 nitrogen and oxygen atoms in total. The summed E-state index contributed by atoms with van der Waals surface area (Å²) in [6.45, 7) is 1.12. The maximum atomic E-state index is 13.1. The standard InChI is InChI=1S/C9H10BrFO2/c1-5(13)9-6(4-12)8(11)3-2-7(9)10/h2-3,5,12-13H,4H2,1H3. The van der Waals surface area contributed by atoms with Gasteiger partial charge in [0.15, 0.2) is 0 Å². The Kier molecular flexibility index (Phi) is 3.41. The van der Waals surface area contributed by atoms with Gasteiger partial charge in [-0.05, 0) is 19.1 Å². The van der Waals surface area contributed by atoms with E-state index in [9.17, 15) is 9.50 Å². The molecule has 1 unspecified atom stereocenters. The topological polar surface area (TPSA) is 40.5 Å². The molecule has 0 heterocycles. The minimum Gasteiger partial charge on any atom is -0.392 e. The lowest BCUT2D eigenvalue weighted by Crippen LogP contribution is -2.02. The van der Waals surface area contributed by atoms with Crippen molar-refractivity contribution in [2.75, 3.05) is 0 Å². The van der Waals surface area contributed by atoms with Crippen LogP contribution in [-0.4, -0.2) is 10.2 Å². The van der Waals surface area contributed by atoms with E-state index in [4.69, 9.17) is 5.11 Å². The Morgan fingerprint density at radius 3 is 2.54 bits per heavy atom. The summed E-state index contributed by atoms with van der Waals surface area (Å²) in [4.78, 5) is 0. The van der Waals surface area contributed by atoms with E-state index in [-0.39, 0.29) is 5.56 Å². The van der Waals surface area contributed by atoms with Crippen LogP contribution < -0.4 is 0 Å². The Balaban J connectivity index is 3.35. The predicted molar refractivity (Wildman–Crippen MR) is 50.7 cm³/mol. The molecule has 0 aliphatic rings. The fourth-order valence-electron chi connectivity index (χ4n) is 1.22. The molecule has 0 spiro atoms. The Hall–Kier alpha value is -0.450. The summed E-state index contributed by atoms with van der Waals surface area (Å²) in [5.41, 5.74) is 0.548. The largest absolute Gasteiger partial charge is 0.392 e. The average molecular weight is 249 g/mol. The van der Waals surface area contributed by atoms with Crippen molar-refractivity contribution in [1.82, 2.24) is 0 Å². The molecule has 0 fully saturated rings. The molecule has 0 aromatic heterocycles. The first-order chi connectivity index (χ1) is 6.07. The maximum absolute atomic E-state index is 13.1. The SMILES string of the molecule is CC(O)c1c(Br)ccc(F)c1CO. The maximum Gasteiger partial charge on any atom is 0.129 e. The molecule has 0 bridgehead atoms. The van der Waals surface area contributed by atoms with Gasteiger partial charge in [-0.1, -0.05) is 15.9 Å². The van der Waals surface area contributed by atoms with Crippen LogP contribution in [0.3, 0.4) is 0 Å². The number of hydrogen-bond acceptors (Lipinski definition) is 2. The highest BCUT2D eigenvalue weighted by molar-refractivity contribution is 9.10. The van der Waals surface area contributed by atoms with E-state index < -0.39 is 18.5 Å². The van der Waals surface area contributed by atoms with Crippen molar-refractivity contribution >= 4 is 15.9 Å².